The van der Waals surface area contributed by atoms with E-state index >= 15 is 0 Å². The van der Waals surface area contributed by atoms with Crippen LogP contribution in [0.25, 0.3) is 10.9 Å². The predicted octanol–water partition coefficient (Wildman–Crippen LogP) is 1.96. The van der Waals surface area contributed by atoms with Crippen LogP contribution in [0, 0.1) is 5.92 Å². The number of aromatic nitrogens is 1. The molecule has 3 rings (SSSR count). The summed E-state index contributed by atoms with van der Waals surface area (Å²) >= 11 is 0. The van der Waals surface area contributed by atoms with Crippen molar-refractivity contribution >= 4 is 29.0 Å². The number of carbonyl (C=O) groups is 2. The maximum atomic E-state index is 11.2. The van der Waals surface area contributed by atoms with Crippen molar-refractivity contribution in [1.29, 1.82) is 0 Å². The van der Waals surface area contributed by atoms with E-state index in [-0.39, 0.29) is 25.0 Å². The van der Waals surface area contributed by atoms with E-state index in [1.165, 1.54) is 5.69 Å². The summed E-state index contributed by atoms with van der Waals surface area (Å²) in [6, 6.07) is 9.87. The first-order chi connectivity index (χ1) is 12.6. The standard InChI is InChI=1S/C19H24N4O3/c20-16(13-23(11-12-24)19(25)26)14-6-9-22(10-7-14)18-5-8-21-17-4-2-1-3-15(17)18/h1-5,8,12,14,16H,6-7,9-11,13,20H2,(H,25,26). The lowest BCUT2D eigenvalue weighted by Gasteiger charge is -2.37. The Morgan fingerprint density at radius 3 is 2.77 bits per heavy atom. The van der Waals surface area contributed by atoms with Crippen molar-refractivity contribution in [3.8, 4) is 0 Å². The SMILES string of the molecule is NC(CN(CC=O)C(=O)O)C1CCN(c2ccnc3ccccc23)CC1. The third-order valence-corrected chi connectivity index (χ3v) is 5.11. The molecule has 0 bridgehead atoms. The van der Waals surface area contributed by atoms with Gasteiger partial charge in [0.2, 0.25) is 0 Å². The van der Waals surface area contributed by atoms with Crippen molar-refractivity contribution in [2.75, 3.05) is 31.1 Å². The molecule has 0 radical (unpaired) electrons. The van der Waals surface area contributed by atoms with Crippen LogP contribution in [-0.4, -0.2) is 59.6 Å². The Bertz CT molecular complexity index is 769. The second-order valence-electron chi connectivity index (χ2n) is 6.69. The minimum Gasteiger partial charge on any atom is -0.465 e. The number of hydrogen-bond acceptors (Lipinski definition) is 5. The molecular formula is C19H24N4O3. The van der Waals surface area contributed by atoms with Crippen LogP contribution in [-0.2, 0) is 4.79 Å². The van der Waals surface area contributed by atoms with E-state index < -0.39 is 6.09 Å². The van der Waals surface area contributed by atoms with Crippen molar-refractivity contribution < 1.29 is 14.7 Å². The van der Waals surface area contributed by atoms with E-state index in [0.717, 1.165) is 41.7 Å². The van der Waals surface area contributed by atoms with E-state index in [2.05, 4.69) is 16.0 Å². The maximum Gasteiger partial charge on any atom is 0.407 e. The fraction of sp³-hybridized carbons (Fsp3) is 0.421. The Kier molecular flexibility index (Phi) is 5.68. The maximum absolute atomic E-state index is 11.2. The average Bonchev–Trinajstić information content (AvgIpc) is 2.67. The second kappa shape index (κ2) is 8.14. The Labute approximate surface area is 152 Å². The highest BCUT2D eigenvalue weighted by atomic mass is 16.4. The van der Waals surface area contributed by atoms with E-state index in [4.69, 9.17) is 10.8 Å². The first kappa shape index (κ1) is 18.1. The Morgan fingerprint density at radius 1 is 1.35 bits per heavy atom. The van der Waals surface area contributed by atoms with Gasteiger partial charge in [0.1, 0.15) is 6.29 Å². The van der Waals surface area contributed by atoms with E-state index in [0.29, 0.717) is 6.29 Å². The van der Waals surface area contributed by atoms with Gasteiger partial charge in [0.05, 0.1) is 12.1 Å². The van der Waals surface area contributed by atoms with Crippen LogP contribution < -0.4 is 10.6 Å². The van der Waals surface area contributed by atoms with Crippen molar-refractivity contribution in [3.63, 3.8) is 0 Å². The molecular weight excluding hydrogens is 332 g/mol. The highest BCUT2D eigenvalue weighted by Gasteiger charge is 2.27. The van der Waals surface area contributed by atoms with Crippen LogP contribution in [0.2, 0.25) is 0 Å². The molecule has 0 spiro atoms. The number of anilines is 1. The summed E-state index contributed by atoms with van der Waals surface area (Å²) in [5.74, 6) is 0.243. The molecule has 3 N–H and O–H groups in total. The van der Waals surface area contributed by atoms with E-state index in [9.17, 15) is 9.59 Å². The first-order valence-corrected chi connectivity index (χ1v) is 8.86. The highest BCUT2D eigenvalue weighted by molar-refractivity contribution is 5.91. The van der Waals surface area contributed by atoms with Gasteiger partial charge in [-0.3, -0.25) is 9.88 Å². The summed E-state index contributed by atoms with van der Waals surface area (Å²) in [5, 5.41) is 10.3. The lowest BCUT2D eigenvalue weighted by atomic mass is 9.89. The molecule has 1 amide bonds. The number of para-hydroxylation sites is 1. The molecule has 2 heterocycles. The summed E-state index contributed by atoms with van der Waals surface area (Å²) in [6.07, 6.45) is 3.12. The molecule has 1 unspecified atom stereocenters. The van der Waals surface area contributed by atoms with Crippen LogP contribution in [0.3, 0.4) is 0 Å². The molecule has 1 saturated heterocycles. The van der Waals surface area contributed by atoms with Crippen LogP contribution in [0.15, 0.2) is 36.5 Å². The molecule has 1 aromatic heterocycles. The summed E-state index contributed by atoms with van der Waals surface area (Å²) in [7, 11) is 0. The number of carbonyl (C=O) groups excluding carboxylic acids is 1. The second-order valence-corrected chi connectivity index (χ2v) is 6.69. The molecule has 7 heteroatoms. The van der Waals surface area contributed by atoms with Crippen molar-refractivity contribution in [1.82, 2.24) is 9.88 Å². The fourth-order valence-electron chi connectivity index (χ4n) is 3.65. The largest absolute Gasteiger partial charge is 0.465 e. The Balaban J connectivity index is 1.63. The number of amides is 1. The molecule has 1 atom stereocenters. The van der Waals surface area contributed by atoms with Crippen LogP contribution in [0.1, 0.15) is 12.8 Å². The molecule has 7 nitrogen and oxygen atoms in total. The highest BCUT2D eigenvalue weighted by Crippen LogP contribution is 2.30. The number of fused-ring (bicyclic) bond motifs is 1. The van der Waals surface area contributed by atoms with Gasteiger partial charge in [-0.05, 0) is 30.9 Å². The van der Waals surface area contributed by atoms with Gasteiger partial charge in [-0.2, -0.15) is 0 Å². The fourth-order valence-corrected chi connectivity index (χ4v) is 3.65. The van der Waals surface area contributed by atoms with Gasteiger partial charge in [0, 0.05) is 42.9 Å². The number of rotatable bonds is 6. The van der Waals surface area contributed by atoms with Gasteiger partial charge in [0.15, 0.2) is 0 Å². The zero-order valence-electron chi connectivity index (χ0n) is 14.6. The van der Waals surface area contributed by atoms with Crippen LogP contribution in [0.4, 0.5) is 10.5 Å². The van der Waals surface area contributed by atoms with Crippen LogP contribution >= 0.6 is 0 Å². The Morgan fingerprint density at radius 2 is 2.08 bits per heavy atom. The number of carboxylic acid groups (broad SMARTS) is 1. The van der Waals surface area contributed by atoms with Crippen molar-refractivity contribution in [2.45, 2.75) is 18.9 Å². The molecule has 0 saturated carbocycles. The molecule has 2 aromatic rings. The normalized spacial score (nSPS) is 16.4. The number of pyridine rings is 1. The lowest BCUT2D eigenvalue weighted by molar-refractivity contribution is -0.108. The number of aldehydes is 1. The summed E-state index contributed by atoms with van der Waals surface area (Å²) in [6.45, 7) is 1.79. The van der Waals surface area contributed by atoms with Gasteiger partial charge < -0.3 is 20.5 Å². The third kappa shape index (κ3) is 3.94. The van der Waals surface area contributed by atoms with E-state index in [1.54, 1.807) is 0 Å². The molecule has 26 heavy (non-hydrogen) atoms. The lowest BCUT2D eigenvalue weighted by Crippen LogP contribution is -2.48. The van der Waals surface area contributed by atoms with Gasteiger partial charge in [0.25, 0.3) is 0 Å². The zero-order valence-corrected chi connectivity index (χ0v) is 14.6. The van der Waals surface area contributed by atoms with Crippen molar-refractivity contribution in [2.24, 2.45) is 11.7 Å². The van der Waals surface area contributed by atoms with Gasteiger partial charge in [-0.15, -0.1) is 0 Å². The smallest absolute Gasteiger partial charge is 0.407 e. The predicted molar refractivity (Wildman–Crippen MR) is 100 cm³/mol. The van der Waals surface area contributed by atoms with Gasteiger partial charge in [-0.25, -0.2) is 4.79 Å². The number of nitrogens with zero attached hydrogens (tertiary/aromatic N) is 3. The molecule has 0 aliphatic carbocycles. The number of nitrogens with two attached hydrogens (primary N) is 1. The third-order valence-electron chi connectivity index (χ3n) is 5.11. The minimum absolute atomic E-state index is 0.134. The summed E-state index contributed by atoms with van der Waals surface area (Å²) < 4.78 is 0. The molecule has 1 aliphatic rings. The van der Waals surface area contributed by atoms with Crippen LogP contribution in [0.5, 0.6) is 0 Å². The topological polar surface area (TPSA) is 99.8 Å². The summed E-state index contributed by atoms with van der Waals surface area (Å²) in [5.41, 5.74) is 8.40. The number of benzene rings is 1. The zero-order chi connectivity index (χ0) is 18.5. The number of hydrogen-bond donors (Lipinski definition) is 2. The molecule has 1 aromatic carbocycles. The molecule has 1 aliphatic heterocycles. The van der Waals surface area contributed by atoms with Crippen molar-refractivity contribution in [3.05, 3.63) is 36.5 Å². The first-order valence-electron chi connectivity index (χ1n) is 8.86. The van der Waals surface area contributed by atoms with E-state index in [1.807, 2.05) is 30.5 Å². The van der Waals surface area contributed by atoms with Gasteiger partial charge in [-0.1, -0.05) is 18.2 Å². The Hall–Kier alpha value is -2.67. The molecule has 138 valence electrons. The molecule has 1 fully saturated rings. The minimum atomic E-state index is -1.10. The average molecular weight is 356 g/mol. The quantitative estimate of drug-likeness (QED) is 0.768. The monoisotopic (exact) mass is 356 g/mol. The van der Waals surface area contributed by atoms with Gasteiger partial charge >= 0.3 is 6.09 Å². The number of piperidine rings is 1. The summed E-state index contributed by atoms with van der Waals surface area (Å²) in [4.78, 5) is 29.6.